The lowest BCUT2D eigenvalue weighted by molar-refractivity contribution is 0.0980. The van der Waals surface area contributed by atoms with Gasteiger partial charge in [-0.2, -0.15) is 0 Å². The summed E-state index contributed by atoms with van der Waals surface area (Å²) in [6.07, 6.45) is 3.22. The molecule has 0 aromatic carbocycles. The summed E-state index contributed by atoms with van der Waals surface area (Å²) in [5, 5.41) is 6.50. The molecule has 5 nitrogen and oxygen atoms in total. The van der Waals surface area contributed by atoms with Crippen molar-refractivity contribution in [3.63, 3.8) is 0 Å². The molecule has 2 atom stereocenters. The van der Waals surface area contributed by atoms with Gasteiger partial charge in [-0.3, -0.25) is 0 Å². The van der Waals surface area contributed by atoms with Gasteiger partial charge in [-0.1, -0.05) is 0 Å². The molecular weight excluding hydrogens is 260 g/mol. The number of hydrogen-bond donors (Lipinski definition) is 2. The number of piperazine rings is 1. The largest absolute Gasteiger partial charge is 0.338 e. The van der Waals surface area contributed by atoms with Crippen molar-refractivity contribution >= 4 is 17.4 Å². The van der Waals surface area contributed by atoms with E-state index in [-0.39, 0.29) is 6.03 Å². The van der Waals surface area contributed by atoms with Crippen molar-refractivity contribution in [1.29, 1.82) is 0 Å². The third-order valence-electron chi connectivity index (χ3n) is 4.08. The predicted octanol–water partition coefficient (Wildman–Crippen LogP) is 1.14. The molecule has 4 rings (SSSR count). The van der Waals surface area contributed by atoms with E-state index in [0.717, 1.165) is 31.6 Å². The second kappa shape index (κ2) is 5.46. The highest BCUT2D eigenvalue weighted by Gasteiger charge is 2.35. The first-order chi connectivity index (χ1) is 9.24. The van der Waals surface area contributed by atoms with Crippen molar-refractivity contribution in [2.75, 3.05) is 19.6 Å². The summed E-state index contributed by atoms with van der Waals surface area (Å²) in [5.41, 5.74) is 2.95. The Bertz CT molecular complexity index is 453. The monoisotopic (exact) mass is 280 g/mol. The number of piperidine rings is 2. The van der Waals surface area contributed by atoms with Crippen LogP contribution in [0.5, 0.6) is 0 Å². The van der Waals surface area contributed by atoms with Gasteiger partial charge < -0.3 is 15.5 Å². The maximum absolute atomic E-state index is 12.2. The first-order valence-corrected chi connectivity index (χ1v) is 7.79. The van der Waals surface area contributed by atoms with Gasteiger partial charge in [-0.25, -0.2) is 9.78 Å². The second-order valence-electron chi connectivity index (χ2n) is 5.33. The highest BCUT2D eigenvalue weighted by Crippen LogP contribution is 2.22. The molecule has 3 fully saturated rings. The van der Waals surface area contributed by atoms with Gasteiger partial charge in [0.15, 0.2) is 0 Å². The first kappa shape index (κ1) is 12.9. The molecule has 0 saturated carbocycles. The van der Waals surface area contributed by atoms with E-state index in [0.29, 0.717) is 18.6 Å². The molecule has 0 radical (unpaired) electrons. The fourth-order valence-electron chi connectivity index (χ4n) is 2.91. The number of aryl methyl sites for hydroxylation is 1. The fraction of sp³-hybridized carbons (Fsp3) is 0.692. The van der Waals surface area contributed by atoms with E-state index in [2.05, 4.69) is 15.6 Å². The van der Waals surface area contributed by atoms with Gasteiger partial charge in [0.25, 0.3) is 0 Å². The fourth-order valence-corrected chi connectivity index (χ4v) is 3.69. The van der Waals surface area contributed by atoms with E-state index in [9.17, 15) is 4.79 Å². The summed E-state index contributed by atoms with van der Waals surface area (Å²) in [6, 6.07) is 0.980. The molecule has 0 aliphatic carbocycles. The number of carbonyl (C=O) groups is 1. The molecule has 2 amide bonds. The first-order valence-electron chi connectivity index (χ1n) is 6.91. The molecule has 3 saturated heterocycles. The van der Waals surface area contributed by atoms with Crippen molar-refractivity contribution < 1.29 is 4.79 Å². The molecule has 2 bridgehead atoms. The van der Waals surface area contributed by atoms with Crippen LogP contribution in [-0.2, 0) is 6.42 Å². The molecule has 2 unspecified atom stereocenters. The molecule has 1 aromatic rings. The second-order valence-corrected chi connectivity index (χ2v) is 6.27. The Kier molecular flexibility index (Phi) is 3.70. The Labute approximate surface area is 117 Å². The van der Waals surface area contributed by atoms with E-state index in [1.165, 1.54) is 11.3 Å². The molecular formula is C13H20N4OS. The van der Waals surface area contributed by atoms with Crippen LogP contribution in [0.15, 0.2) is 5.51 Å². The van der Waals surface area contributed by atoms with E-state index in [4.69, 9.17) is 0 Å². The zero-order valence-corrected chi connectivity index (χ0v) is 12.0. The normalized spacial score (nSPS) is 25.6. The molecule has 0 spiro atoms. The Morgan fingerprint density at radius 3 is 3.11 bits per heavy atom. The summed E-state index contributed by atoms with van der Waals surface area (Å²) in [6.45, 7) is 4.52. The maximum atomic E-state index is 12.2. The molecule has 3 aliphatic rings. The van der Waals surface area contributed by atoms with Crippen LogP contribution in [0.1, 0.15) is 23.4 Å². The highest BCUT2D eigenvalue weighted by atomic mass is 32.1. The third-order valence-corrected chi connectivity index (χ3v) is 5.08. The van der Waals surface area contributed by atoms with E-state index in [1.807, 2.05) is 17.3 Å². The zero-order chi connectivity index (χ0) is 13.2. The molecule has 104 valence electrons. The zero-order valence-electron chi connectivity index (χ0n) is 11.2. The minimum absolute atomic E-state index is 0.0957. The van der Waals surface area contributed by atoms with Crippen molar-refractivity contribution in [1.82, 2.24) is 20.5 Å². The number of amides is 2. The van der Waals surface area contributed by atoms with Crippen LogP contribution in [0.25, 0.3) is 0 Å². The summed E-state index contributed by atoms with van der Waals surface area (Å²) < 4.78 is 0. The molecule has 1 aromatic heterocycles. The lowest BCUT2D eigenvalue weighted by atomic mass is 9.93. The Hall–Kier alpha value is -1.14. The van der Waals surface area contributed by atoms with Crippen molar-refractivity contribution in [2.24, 2.45) is 0 Å². The number of rotatable bonds is 3. The van der Waals surface area contributed by atoms with Crippen LogP contribution in [0.4, 0.5) is 4.79 Å². The summed E-state index contributed by atoms with van der Waals surface area (Å²) in [4.78, 5) is 19.7. The van der Waals surface area contributed by atoms with Crippen molar-refractivity contribution in [3.8, 4) is 0 Å². The standard InChI is InChI=1S/C13H20N4OS/c1-9-12(19-8-16-9)4-5-14-13(18)17-7-10-2-3-11(17)6-15-10/h8,10-11,15H,2-7H2,1H3,(H,14,18). The van der Waals surface area contributed by atoms with Crippen LogP contribution >= 0.6 is 11.3 Å². The minimum Gasteiger partial charge on any atom is -0.338 e. The number of fused-ring (bicyclic) bond motifs is 3. The quantitative estimate of drug-likeness (QED) is 0.873. The van der Waals surface area contributed by atoms with E-state index in [1.54, 1.807) is 11.3 Å². The molecule has 3 aliphatic heterocycles. The highest BCUT2D eigenvalue weighted by molar-refractivity contribution is 7.09. The van der Waals surface area contributed by atoms with Gasteiger partial charge in [-0.15, -0.1) is 11.3 Å². The molecule has 4 heterocycles. The lowest BCUT2D eigenvalue weighted by Crippen LogP contribution is -2.64. The maximum Gasteiger partial charge on any atom is 0.317 e. The topological polar surface area (TPSA) is 57.3 Å². The smallest absolute Gasteiger partial charge is 0.317 e. The summed E-state index contributed by atoms with van der Waals surface area (Å²) in [5.74, 6) is 0. The Balaban J connectivity index is 1.48. The lowest BCUT2D eigenvalue weighted by Gasteiger charge is -2.45. The SMILES string of the molecule is Cc1ncsc1CCNC(=O)N1CC2CCC1CN2. The number of nitrogens with one attached hydrogen (secondary N) is 2. The third kappa shape index (κ3) is 2.74. The van der Waals surface area contributed by atoms with Gasteiger partial charge in [0.2, 0.25) is 0 Å². The average Bonchev–Trinajstić information content (AvgIpc) is 2.85. The van der Waals surface area contributed by atoms with Crippen LogP contribution in [-0.4, -0.2) is 47.6 Å². The van der Waals surface area contributed by atoms with Gasteiger partial charge in [-0.05, 0) is 19.8 Å². The van der Waals surface area contributed by atoms with Crippen LogP contribution < -0.4 is 10.6 Å². The molecule has 19 heavy (non-hydrogen) atoms. The van der Waals surface area contributed by atoms with E-state index < -0.39 is 0 Å². The molecule has 2 N–H and O–H groups in total. The number of carbonyl (C=O) groups excluding carboxylic acids is 1. The average molecular weight is 280 g/mol. The van der Waals surface area contributed by atoms with Crippen molar-refractivity contribution in [3.05, 3.63) is 16.1 Å². The van der Waals surface area contributed by atoms with Gasteiger partial charge in [0.1, 0.15) is 0 Å². The Morgan fingerprint density at radius 1 is 1.63 bits per heavy atom. The Morgan fingerprint density at radius 2 is 2.53 bits per heavy atom. The summed E-state index contributed by atoms with van der Waals surface area (Å²) in [7, 11) is 0. The van der Waals surface area contributed by atoms with Gasteiger partial charge >= 0.3 is 6.03 Å². The number of hydrogen-bond acceptors (Lipinski definition) is 4. The summed E-state index contributed by atoms with van der Waals surface area (Å²) >= 11 is 1.66. The number of thiazole rings is 1. The van der Waals surface area contributed by atoms with Crippen LogP contribution in [0, 0.1) is 6.92 Å². The predicted molar refractivity (Wildman–Crippen MR) is 75.5 cm³/mol. The van der Waals surface area contributed by atoms with Crippen LogP contribution in [0.2, 0.25) is 0 Å². The van der Waals surface area contributed by atoms with Crippen LogP contribution in [0.3, 0.4) is 0 Å². The molecule has 6 heteroatoms. The van der Waals surface area contributed by atoms with Crippen molar-refractivity contribution in [2.45, 2.75) is 38.3 Å². The number of aromatic nitrogens is 1. The van der Waals surface area contributed by atoms with Gasteiger partial charge in [0.05, 0.1) is 11.2 Å². The van der Waals surface area contributed by atoms with E-state index >= 15 is 0 Å². The van der Waals surface area contributed by atoms with Gasteiger partial charge in [0, 0.05) is 43.0 Å². The minimum atomic E-state index is 0.0957. The number of nitrogens with zero attached hydrogens (tertiary/aromatic N) is 2. The number of urea groups is 1.